The first-order chi connectivity index (χ1) is 7.88. The summed E-state index contributed by atoms with van der Waals surface area (Å²) in [5, 5.41) is 0. The van der Waals surface area contributed by atoms with Gasteiger partial charge in [0.25, 0.3) is 0 Å². The molecule has 0 atom stereocenters. The topological polar surface area (TPSA) is 48.3 Å². The first kappa shape index (κ1) is 13.5. The highest BCUT2D eigenvalue weighted by atomic mass is 16.5. The Labute approximate surface area is 101 Å². The second kappa shape index (κ2) is 5.17. The van der Waals surface area contributed by atoms with Crippen LogP contribution in [0.25, 0.3) is 0 Å². The van der Waals surface area contributed by atoms with Crippen LogP contribution >= 0.6 is 0 Å². The standard InChI is InChI=1S/C13H19NO3/c1-6-14-9(4)7-11(15)12(10(14)5)13(16)17-8(2)3/h7-8H,6H2,1-5H3. The third-order valence-corrected chi connectivity index (χ3v) is 2.64. The molecule has 17 heavy (non-hydrogen) atoms. The fourth-order valence-electron chi connectivity index (χ4n) is 1.93. The van der Waals surface area contributed by atoms with E-state index >= 15 is 0 Å². The van der Waals surface area contributed by atoms with Gasteiger partial charge in [-0.15, -0.1) is 0 Å². The second-order valence-electron chi connectivity index (χ2n) is 4.31. The molecule has 1 aromatic heterocycles. The number of rotatable bonds is 3. The fourth-order valence-corrected chi connectivity index (χ4v) is 1.93. The number of carbonyl (C=O) groups is 1. The fraction of sp³-hybridized carbons (Fsp3) is 0.538. The molecule has 0 N–H and O–H groups in total. The van der Waals surface area contributed by atoms with Crippen LogP contribution in [-0.2, 0) is 11.3 Å². The van der Waals surface area contributed by atoms with Crippen LogP contribution in [-0.4, -0.2) is 16.6 Å². The van der Waals surface area contributed by atoms with Gasteiger partial charge in [0.2, 0.25) is 0 Å². The van der Waals surface area contributed by atoms with E-state index in [1.54, 1.807) is 20.8 Å². The van der Waals surface area contributed by atoms with Gasteiger partial charge < -0.3 is 9.30 Å². The van der Waals surface area contributed by atoms with Crippen LogP contribution in [0.15, 0.2) is 10.9 Å². The van der Waals surface area contributed by atoms with Crippen molar-refractivity contribution in [3.63, 3.8) is 0 Å². The number of pyridine rings is 1. The maximum atomic E-state index is 11.8. The summed E-state index contributed by atoms with van der Waals surface area (Å²) in [6.07, 6.45) is -0.224. The Hall–Kier alpha value is -1.58. The van der Waals surface area contributed by atoms with E-state index < -0.39 is 5.97 Å². The summed E-state index contributed by atoms with van der Waals surface area (Å²) < 4.78 is 7.01. The van der Waals surface area contributed by atoms with Crippen molar-refractivity contribution in [2.45, 2.75) is 47.3 Å². The number of hydrogen-bond donors (Lipinski definition) is 0. The zero-order valence-electron chi connectivity index (χ0n) is 11.0. The summed E-state index contributed by atoms with van der Waals surface area (Å²) in [4.78, 5) is 23.7. The molecule has 0 aromatic carbocycles. The van der Waals surface area contributed by atoms with Crippen molar-refractivity contribution >= 4 is 5.97 Å². The van der Waals surface area contributed by atoms with Crippen LogP contribution in [0.4, 0.5) is 0 Å². The van der Waals surface area contributed by atoms with Gasteiger partial charge in [0.1, 0.15) is 5.56 Å². The van der Waals surface area contributed by atoms with Gasteiger partial charge in [0.05, 0.1) is 6.10 Å². The Morgan fingerprint density at radius 3 is 2.47 bits per heavy atom. The highest BCUT2D eigenvalue weighted by molar-refractivity contribution is 5.90. The van der Waals surface area contributed by atoms with Gasteiger partial charge in [-0.2, -0.15) is 0 Å². The van der Waals surface area contributed by atoms with Crippen molar-refractivity contribution < 1.29 is 9.53 Å². The molecular weight excluding hydrogens is 218 g/mol. The number of nitrogens with zero attached hydrogens (tertiary/aromatic N) is 1. The molecule has 1 aromatic rings. The molecule has 0 radical (unpaired) electrons. The zero-order chi connectivity index (χ0) is 13.2. The first-order valence-corrected chi connectivity index (χ1v) is 5.80. The minimum Gasteiger partial charge on any atom is -0.459 e. The van der Waals surface area contributed by atoms with Gasteiger partial charge in [0.15, 0.2) is 5.43 Å². The van der Waals surface area contributed by atoms with Gasteiger partial charge >= 0.3 is 5.97 Å². The Bertz CT molecular complexity index is 486. The van der Waals surface area contributed by atoms with Gasteiger partial charge in [-0.3, -0.25) is 4.79 Å². The van der Waals surface area contributed by atoms with Crippen LogP contribution in [0, 0.1) is 13.8 Å². The smallest absolute Gasteiger partial charge is 0.344 e. The normalized spacial score (nSPS) is 10.7. The van der Waals surface area contributed by atoms with Crippen LogP contribution in [0.2, 0.25) is 0 Å². The Kier molecular flexibility index (Phi) is 4.10. The highest BCUT2D eigenvalue weighted by Crippen LogP contribution is 2.09. The maximum absolute atomic E-state index is 11.8. The predicted octanol–water partition coefficient (Wildman–Crippen LogP) is 2.05. The quantitative estimate of drug-likeness (QED) is 0.756. The Morgan fingerprint density at radius 2 is 2.00 bits per heavy atom. The molecule has 1 heterocycles. The van der Waals surface area contributed by atoms with E-state index in [2.05, 4.69) is 0 Å². The minimum absolute atomic E-state index is 0.145. The lowest BCUT2D eigenvalue weighted by atomic mass is 10.1. The molecule has 4 heteroatoms. The molecule has 0 saturated carbocycles. The van der Waals surface area contributed by atoms with Gasteiger partial charge in [-0.05, 0) is 34.6 Å². The molecule has 0 spiro atoms. The summed E-state index contributed by atoms with van der Waals surface area (Å²) in [5.74, 6) is -0.537. The molecule has 1 rings (SSSR count). The predicted molar refractivity (Wildman–Crippen MR) is 66.4 cm³/mol. The number of carbonyl (C=O) groups excluding carboxylic acids is 1. The summed E-state index contributed by atoms with van der Waals surface area (Å²) in [7, 11) is 0. The third kappa shape index (κ3) is 2.75. The van der Waals surface area contributed by atoms with E-state index in [-0.39, 0.29) is 17.1 Å². The van der Waals surface area contributed by atoms with Gasteiger partial charge in [0, 0.05) is 24.0 Å². The van der Waals surface area contributed by atoms with E-state index in [0.717, 1.165) is 12.2 Å². The Morgan fingerprint density at radius 1 is 1.41 bits per heavy atom. The molecule has 4 nitrogen and oxygen atoms in total. The number of aromatic nitrogens is 1. The lowest BCUT2D eigenvalue weighted by molar-refractivity contribution is 0.0374. The number of ether oxygens (including phenoxy) is 1. The van der Waals surface area contributed by atoms with Crippen molar-refractivity contribution in [1.29, 1.82) is 0 Å². The molecule has 0 bridgehead atoms. The molecular formula is C13H19NO3. The number of esters is 1. The first-order valence-electron chi connectivity index (χ1n) is 5.80. The van der Waals surface area contributed by atoms with Crippen LogP contribution in [0.3, 0.4) is 0 Å². The summed E-state index contributed by atoms with van der Waals surface area (Å²) >= 11 is 0. The van der Waals surface area contributed by atoms with Crippen molar-refractivity contribution in [1.82, 2.24) is 4.57 Å². The van der Waals surface area contributed by atoms with E-state index in [9.17, 15) is 9.59 Å². The molecule has 94 valence electrons. The van der Waals surface area contributed by atoms with Crippen LogP contribution in [0.1, 0.15) is 42.5 Å². The van der Waals surface area contributed by atoms with Crippen molar-refractivity contribution in [3.05, 3.63) is 33.2 Å². The molecule has 0 aliphatic heterocycles. The molecule has 0 fully saturated rings. The molecule has 0 amide bonds. The van der Waals surface area contributed by atoms with Crippen LogP contribution in [0.5, 0.6) is 0 Å². The van der Waals surface area contributed by atoms with Crippen molar-refractivity contribution in [2.75, 3.05) is 0 Å². The zero-order valence-corrected chi connectivity index (χ0v) is 11.0. The monoisotopic (exact) mass is 237 g/mol. The van der Waals surface area contributed by atoms with Gasteiger partial charge in [-0.25, -0.2) is 4.79 Å². The SMILES string of the molecule is CCn1c(C)cc(=O)c(C(=O)OC(C)C)c1C. The lowest BCUT2D eigenvalue weighted by Gasteiger charge is -2.16. The molecule has 0 aliphatic carbocycles. The van der Waals surface area contributed by atoms with E-state index in [1.165, 1.54) is 6.07 Å². The Balaban J connectivity index is 3.34. The lowest BCUT2D eigenvalue weighted by Crippen LogP contribution is -2.25. The van der Waals surface area contributed by atoms with Gasteiger partial charge in [-0.1, -0.05) is 0 Å². The minimum atomic E-state index is -0.537. The van der Waals surface area contributed by atoms with Crippen LogP contribution < -0.4 is 5.43 Å². The highest BCUT2D eigenvalue weighted by Gasteiger charge is 2.19. The molecule has 0 saturated heterocycles. The van der Waals surface area contributed by atoms with E-state index in [0.29, 0.717) is 5.69 Å². The largest absolute Gasteiger partial charge is 0.459 e. The molecule has 0 unspecified atom stereocenters. The third-order valence-electron chi connectivity index (χ3n) is 2.64. The molecule has 0 aliphatic rings. The average Bonchev–Trinajstić information content (AvgIpc) is 2.15. The van der Waals surface area contributed by atoms with Crippen molar-refractivity contribution in [2.24, 2.45) is 0 Å². The summed E-state index contributed by atoms with van der Waals surface area (Å²) in [5.41, 5.74) is 1.40. The summed E-state index contributed by atoms with van der Waals surface area (Å²) in [6, 6.07) is 1.48. The summed E-state index contributed by atoms with van der Waals surface area (Å²) in [6.45, 7) is 9.85. The van der Waals surface area contributed by atoms with E-state index in [4.69, 9.17) is 4.74 Å². The number of hydrogen-bond acceptors (Lipinski definition) is 3. The average molecular weight is 237 g/mol. The van der Waals surface area contributed by atoms with E-state index in [1.807, 2.05) is 18.4 Å². The number of aryl methyl sites for hydroxylation is 1. The second-order valence-corrected chi connectivity index (χ2v) is 4.31. The maximum Gasteiger partial charge on any atom is 0.344 e. The van der Waals surface area contributed by atoms with Crippen molar-refractivity contribution in [3.8, 4) is 0 Å².